The molecule has 6 rings (SSSR count). The van der Waals surface area contributed by atoms with Crippen molar-refractivity contribution in [2.45, 2.75) is 49.0 Å². The number of benzene rings is 3. The van der Waals surface area contributed by atoms with Crippen molar-refractivity contribution in [3.8, 4) is 0 Å². The first kappa shape index (κ1) is 22.9. The third-order valence-electron chi connectivity index (χ3n) is 8.98. The predicted octanol–water partition coefficient (Wildman–Crippen LogP) is 6.99. The lowest BCUT2D eigenvalue weighted by Crippen LogP contribution is -2.47. The van der Waals surface area contributed by atoms with E-state index in [1.807, 2.05) is 24.3 Å². The number of hydrogen-bond acceptors (Lipinski definition) is 2. The minimum Gasteiger partial charge on any atom is -0.294 e. The summed E-state index contributed by atoms with van der Waals surface area (Å²) in [5, 5.41) is 0.618. The quantitative estimate of drug-likeness (QED) is 0.270. The number of Topliss-reactive ketones (excluding diaryl/α,β-unsaturated/α-hetero) is 1. The molecule has 1 aliphatic carbocycles. The molecule has 2 fully saturated rings. The third kappa shape index (κ3) is 3.14. The summed E-state index contributed by atoms with van der Waals surface area (Å²) in [6.45, 7) is 4.31. The van der Waals surface area contributed by atoms with Crippen molar-refractivity contribution >= 4 is 28.2 Å². The van der Waals surface area contributed by atoms with Crippen molar-refractivity contribution in [1.82, 2.24) is 0 Å². The molecule has 2 nitrogen and oxygen atoms in total. The second-order valence-electron chi connectivity index (χ2n) is 10.7. The average Bonchev–Trinajstić information content (AvgIpc) is 3.63. The van der Waals surface area contributed by atoms with Crippen LogP contribution in [-0.2, 0) is 23.6 Å². The molecule has 4 heteroatoms. The van der Waals surface area contributed by atoms with E-state index in [1.54, 1.807) is 12.1 Å². The van der Waals surface area contributed by atoms with Crippen molar-refractivity contribution in [3.05, 3.63) is 118 Å². The van der Waals surface area contributed by atoms with Crippen molar-refractivity contribution in [2.24, 2.45) is 11.3 Å². The van der Waals surface area contributed by atoms with Gasteiger partial charge >= 0.3 is 0 Å². The summed E-state index contributed by atoms with van der Waals surface area (Å²) in [4.78, 5) is 14.2. The van der Waals surface area contributed by atoms with Crippen LogP contribution in [0.1, 0.15) is 48.2 Å². The summed E-state index contributed by atoms with van der Waals surface area (Å²) < 4.78 is 13.4. The monoisotopic (exact) mass is 500 g/mol. The molecule has 35 heavy (non-hydrogen) atoms. The van der Waals surface area contributed by atoms with Crippen molar-refractivity contribution in [2.75, 3.05) is 0 Å². The number of ketones is 1. The van der Waals surface area contributed by atoms with Crippen LogP contribution in [0.4, 0.5) is 0 Å². The summed E-state index contributed by atoms with van der Waals surface area (Å²) >= 11 is 6.12. The van der Waals surface area contributed by atoms with Gasteiger partial charge in [-0.3, -0.25) is 9.00 Å². The molecule has 2 aliphatic heterocycles. The van der Waals surface area contributed by atoms with E-state index < -0.39 is 20.3 Å². The highest BCUT2D eigenvalue weighted by Crippen LogP contribution is 2.78. The smallest absolute Gasteiger partial charge is 0.168 e. The van der Waals surface area contributed by atoms with Gasteiger partial charge in [-0.2, -0.15) is 0 Å². The van der Waals surface area contributed by atoms with Gasteiger partial charge in [0, 0.05) is 26.8 Å². The zero-order valence-corrected chi connectivity index (χ0v) is 21.7. The summed E-state index contributed by atoms with van der Waals surface area (Å²) in [7, 11) is -1.20. The highest BCUT2D eigenvalue weighted by atomic mass is 35.5. The highest BCUT2D eigenvalue weighted by Gasteiger charge is 2.82. The zero-order chi connectivity index (χ0) is 24.4. The first-order chi connectivity index (χ1) is 16.8. The van der Waals surface area contributed by atoms with Gasteiger partial charge in [0.15, 0.2) is 5.78 Å². The Bertz CT molecular complexity index is 1360. The predicted molar refractivity (Wildman–Crippen MR) is 143 cm³/mol. The Hall–Kier alpha value is -2.49. The number of carbonyl (C=O) groups is 1. The van der Waals surface area contributed by atoms with Gasteiger partial charge in [0.05, 0.1) is 15.4 Å². The van der Waals surface area contributed by atoms with Gasteiger partial charge in [-0.05, 0) is 86.1 Å². The topological polar surface area (TPSA) is 34.1 Å². The molecule has 3 aliphatic rings. The minimum atomic E-state index is -1.20. The van der Waals surface area contributed by atoms with Crippen molar-refractivity contribution in [1.29, 1.82) is 0 Å². The lowest BCUT2D eigenvalue weighted by molar-refractivity contribution is 0.0814. The van der Waals surface area contributed by atoms with Gasteiger partial charge in [0.25, 0.3) is 0 Å². The number of rotatable bonds is 6. The molecule has 0 amide bonds. The number of hydrogen-bond donors (Lipinski definition) is 0. The molecule has 3 aromatic carbocycles. The van der Waals surface area contributed by atoms with E-state index in [-0.39, 0.29) is 17.1 Å². The molecule has 0 radical (unpaired) electrons. The molecule has 2 bridgehead atoms. The maximum atomic E-state index is 14.6. The van der Waals surface area contributed by atoms with Gasteiger partial charge < -0.3 is 0 Å². The van der Waals surface area contributed by atoms with Gasteiger partial charge in [0.1, 0.15) is 0 Å². The maximum absolute atomic E-state index is 14.6. The molecule has 1 saturated heterocycles. The number of halogens is 1. The fourth-order valence-electron chi connectivity index (χ4n) is 7.14. The molecular formula is C31H29ClO2S. The molecule has 178 valence electrons. The third-order valence-corrected chi connectivity index (χ3v) is 11.9. The van der Waals surface area contributed by atoms with Crippen LogP contribution in [0.5, 0.6) is 0 Å². The number of fused-ring (bicyclic) bond motifs is 3. The van der Waals surface area contributed by atoms with E-state index in [4.69, 9.17) is 11.6 Å². The lowest BCUT2D eigenvalue weighted by atomic mass is 9.59. The Labute approximate surface area is 214 Å². The van der Waals surface area contributed by atoms with E-state index >= 15 is 0 Å². The van der Waals surface area contributed by atoms with Crippen LogP contribution in [0.3, 0.4) is 0 Å². The van der Waals surface area contributed by atoms with Crippen molar-refractivity contribution in [3.63, 3.8) is 0 Å². The summed E-state index contributed by atoms with van der Waals surface area (Å²) in [5.74, 6) is -0.177. The first-order valence-corrected chi connectivity index (χ1v) is 13.9. The number of carbonyl (C=O) groups excluding carboxylic acids is 1. The molecule has 3 aromatic rings. The van der Waals surface area contributed by atoms with Crippen LogP contribution < -0.4 is 0 Å². The Morgan fingerprint density at radius 2 is 1.34 bits per heavy atom. The van der Waals surface area contributed by atoms with Gasteiger partial charge in [-0.15, -0.1) is 0 Å². The molecule has 1 saturated carbocycles. The SMILES string of the molecule is CC12C(Cc3ccccc3)=C(Cc3ccccc3)C(C)(S1=O)C1(CC1)C2C(=O)c1ccc(Cl)cc1. The van der Waals surface area contributed by atoms with Crippen LogP contribution >= 0.6 is 11.6 Å². The molecule has 0 N–H and O–H groups in total. The van der Waals surface area contributed by atoms with Crippen LogP contribution in [0.15, 0.2) is 96.1 Å². The van der Waals surface area contributed by atoms with E-state index in [0.29, 0.717) is 10.6 Å². The van der Waals surface area contributed by atoms with Crippen LogP contribution in [-0.4, -0.2) is 19.5 Å². The van der Waals surface area contributed by atoms with Gasteiger partial charge in [0.2, 0.25) is 0 Å². The van der Waals surface area contributed by atoms with E-state index in [0.717, 1.165) is 25.7 Å². The normalized spacial score (nSPS) is 30.1. The molecule has 2 heterocycles. The average molecular weight is 501 g/mol. The van der Waals surface area contributed by atoms with Crippen LogP contribution in [0.25, 0.3) is 0 Å². The molecular weight excluding hydrogens is 472 g/mol. The van der Waals surface area contributed by atoms with Crippen LogP contribution in [0.2, 0.25) is 5.02 Å². The minimum absolute atomic E-state index is 0.114. The lowest BCUT2D eigenvalue weighted by Gasteiger charge is -2.41. The largest absolute Gasteiger partial charge is 0.294 e. The Morgan fingerprint density at radius 1 is 0.829 bits per heavy atom. The van der Waals surface area contributed by atoms with Gasteiger partial charge in [-0.25, -0.2) is 0 Å². The Morgan fingerprint density at radius 3 is 1.86 bits per heavy atom. The standard InChI is InChI=1S/C31H29ClO2S/c1-29-25(19-21-9-5-3-6-10-21)26(20-22-11-7-4-8-12-22)30(2,35(29)34)31(17-18-31)28(29)27(33)23-13-15-24(32)16-14-23/h3-16,28H,17-20H2,1-2H3. The Balaban J connectivity index is 1.54. The summed E-state index contributed by atoms with van der Waals surface area (Å²) in [5.41, 5.74) is 5.37. The Kier molecular flexibility index (Phi) is 5.25. The summed E-state index contributed by atoms with van der Waals surface area (Å²) in [6.07, 6.45) is 3.41. The van der Waals surface area contributed by atoms with Gasteiger partial charge in [-0.1, -0.05) is 72.3 Å². The van der Waals surface area contributed by atoms with E-state index in [9.17, 15) is 9.00 Å². The van der Waals surface area contributed by atoms with E-state index in [1.165, 1.54) is 22.3 Å². The van der Waals surface area contributed by atoms with Crippen LogP contribution in [0, 0.1) is 11.3 Å². The first-order valence-electron chi connectivity index (χ1n) is 12.3. The molecule has 1 spiro atoms. The molecule has 4 unspecified atom stereocenters. The molecule has 4 atom stereocenters. The fourth-order valence-corrected chi connectivity index (χ4v) is 10.2. The van der Waals surface area contributed by atoms with E-state index in [2.05, 4.69) is 62.4 Å². The fraction of sp³-hybridized carbons (Fsp3) is 0.323. The second-order valence-corrected chi connectivity index (χ2v) is 13.3. The zero-order valence-electron chi connectivity index (χ0n) is 20.1. The van der Waals surface area contributed by atoms with Crippen molar-refractivity contribution < 1.29 is 9.00 Å². The second kappa shape index (κ2) is 8.01. The summed E-state index contributed by atoms with van der Waals surface area (Å²) in [6, 6.07) is 28.1. The molecule has 0 aromatic heterocycles. The maximum Gasteiger partial charge on any atom is 0.168 e. The highest BCUT2D eigenvalue weighted by molar-refractivity contribution is 7.89.